The molecule has 4 aromatic rings. The maximum Gasteiger partial charge on any atom is 0.260 e. The molecule has 0 amide bonds. The molecular weight excluding hydrogens is 436 g/mol. The zero-order chi connectivity index (χ0) is 19.8. The van der Waals surface area contributed by atoms with Gasteiger partial charge in [0, 0.05) is 21.3 Å². The lowest BCUT2D eigenvalue weighted by molar-refractivity contribution is 0.414. The fraction of sp³-hybridized carbons (Fsp3) is 0.182. The first-order valence-electron chi connectivity index (χ1n) is 8.88. The lowest BCUT2D eigenvalue weighted by Gasteiger charge is -2.07. The highest BCUT2D eigenvalue weighted by Gasteiger charge is 2.18. The van der Waals surface area contributed by atoms with Crippen LogP contribution in [0.1, 0.15) is 21.8 Å². The van der Waals surface area contributed by atoms with E-state index in [1.165, 1.54) is 0 Å². The standard InChI is InChI=1S/C22H19BrN2O2S/c1-12-4-9-17(23)16(10-12)19-13(2)28-22-20(19)21(26)24-18(25-22)11-14-5-7-15(27-3)8-6-14/h4-10H,11H2,1-3H3,(H,24,25,26). The van der Waals surface area contributed by atoms with Crippen molar-refractivity contribution in [2.75, 3.05) is 7.11 Å². The lowest BCUT2D eigenvalue weighted by atomic mass is 10.0. The quantitative estimate of drug-likeness (QED) is 0.434. The van der Waals surface area contributed by atoms with Crippen LogP contribution in [0, 0.1) is 13.8 Å². The first-order valence-corrected chi connectivity index (χ1v) is 10.5. The summed E-state index contributed by atoms with van der Waals surface area (Å²) in [7, 11) is 1.64. The minimum Gasteiger partial charge on any atom is -0.497 e. The molecule has 0 aliphatic rings. The molecule has 0 fully saturated rings. The molecule has 0 aliphatic heterocycles. The van der Waals surface area contributed by atoms with Gasteiger partial charge in [0.2, 0.25) is 0 Å². The van der Waals surface area contributed by atoms with Gasteiger partial charge in [0.05, 0.1) is 12.5 Å². The Morgan fingerprint density at radius 1 is 1.14 bits per heavy atom. The van der Waals surface area contributed by atoms with Gasteiger partial charge in [-0.1, -0.05) is 45.8 Å². The van der Waals surface area contributed by atoms with E-state index < -0.39 is 0 Å². The van der Waals surface area contributed by atoms with E-state index in [9.17, 15) is 4.79 Å². The summed E-state index contributed by atoms with van der Waals surface area (Å²) in [4.78, 5) is 22.6. The summed E-state index contributed by atoms with van der Waals surface area (Å²) in [6.45, 7) is 4.09. The van der Waals surface area contributed by atoms with Crippen molar-refractivity contribution in [3.05, 3.63) is 79.1 Å². The normalized spacial score (nSPS) is 11.1. The summed E-state index contributed by atoms with van der Waals surface area (Å²) >= 11 is 5.19. The van der Waals surface area contributed by atoms with Crippen molar-refractivity contribution in [1.29, 1.82) is 0 Å². The van der Waals surface area contributed by atoms with E-state index in [2.05, 4.69) is 33.9 Å². The second-order valence-corrected chi connectivity index (χ2v) is 8.79. The van der Waals surface area contributed by atoms with Crippen LogP contribution < -0.4 is 10.3 Å². The summed E-state index contributed by atoms with van der Waals surface area (Å²) in [6.07, 6.45) is 0.565. The van der Waals surface area contributed by atoms with Crippen LogP contribution in [0.15, 0.2) is 51.7 Å². The molecule has 0 spiro atoms. The number of benzene rings is 2. The van der Waals surface area contributed by atoms with E-state index in [0.717, 1.165) is 42.2 Å². The molecule has 4 rings (SSSR count). The summed E-state index contributed by atoms with van der Waals surface area (Å²) in [5.74, 6) is 1.47. The molecule has 0 unspecified atom stereocenters. The Hall–Kier alpha value is -2.44. The van der Waals surface area contributed by atoms with Crippen molar-refractivity contribution in [2.45, 2.75) is 20.3 Å². The third kappa shape index (κ3) is 3.50. The van der Waals surface area contributed by atoms with Crippen LogP contribution in [0.2, 0.25) is 0 Å². The molecule has 142 valence electrons. The van der Waals surface area contributed by atoms with Crippen molar-refractivity contribution in [2.24, 2.45) is 0 Å². The Morgan fingerprint density at radius 2 is 1.89 bits per heavy atom. The molecule has 0 bridgehead atoms. The molecule has 0 aliphatic carbocycles. The largest absolute Gasteiger partial charge is 0.497 e. The summed E-state index contributed by atoms with van der Waals surface area (Å²) in [5.41, 5.74) is 4.11. The van der Waals surface area contributed by atoms with Crippen LogP contribution in [0.25, 0.3) is 21.3 Å². The van der Waals surface area contributed by atoms with Crippen molar-refractivity contribution in [1.82, 2.24) is 9.97 Å². The second-order valence-electron chi connectivity index (χ2n) is 6.73. The highest BCUT2D eigenvalue weighted by Crippen LogP contribution is 2.39. The molecule has 2 aromatic carbocycles. The first-order chi connectivity index (χ1) is 13.5. The van der Waals surface area contributed by atoms with Gasteiger partial charge in [-0.3, -0.25) is 4.79 Å². The van der Waals surface area contributed by atoms with Gasteiger partial charge in [0.15, 0.2) is 0 Å². The van der Waals surface area contributed by atoms with Crippen LogP contribution in [-0.4, -0.2) is 17.1 Å². The zero-order valence-electron chi connectivity index (χ0n) is 15.8. The Labute approximate surface area is 175 Å². The molecule has 28 heavy (non-hydrogen) atoms. The van der Waals surface area contributed by atoms with E-state index in [0.29, 0.717) is 17.6 Å². The van der Waals surface area contributed by atoms with E-state index in [1.54, 1.807) is 18.4 Å². The van der Waals surface area contributed by atoms with Crippen LogP contribution in [0.3, 0.4) is 0 Å². The van der Waals surface area contributed by atoms with Gasteiger partial charge in [0.25, 0.3) is 5.56 Å². The predicted molar refractivity (Wildman–Crippen MR) is 119 cm³/mol. The zero-order valence-corrected chi connectivity index (χ0v) is 18.2. The van der Waals surface area contributed by atoms with Crippen LogP contribution in [0.5, 0.6) is 5.75 Å². The Morgan fingerprint density at radius 3 is 2.61 bits per heavy atom. The molecule has 6 heteroatoms. The maximum atomic E-state index is 13.0. The minimum atomic E-state index is -0.0960. The number of fused-ring (bicyclic) bond motifs is 1. The summed E-state index contributed by atoms with van der Waals surface area (Å²) < 4.78 is 6.17. The number of rotatable bonds is 4. The molecule has 0 atom stereocenters. The molecule has 0 saturated carbocycles. The number of nitrogens with zero attached hydrogens (tertiary/aromatic N) is 1. The summed E-state index contributed by atoms with van der Waals surface area (Å²) in [5, 5.41) is 0.660. The monoisotopic (exact) mass is 454 g/mol. The van der Waals surface area contributed by atoms with Gasteiger partial charge in [0.1, 0.15) is 16.4 Å². The first kappa shape index (κ1) is 18.9. The predicted octanol–water partition coefficient (Wildman–Crippen LogP) is 5.63. The number of halogens is 1. The van der Waals surface area contributed by atoms with Gasteiger partial charge >= 0.3 is 0 Å². The third-order valence-electron chi connectivity index (χ3n) is 4.71. The number of ether oxygens (including phenoxy) is 1. The SMILES string of the molecule is COc1ccc(Cc2nc3sc(C)c(-c4cc(C)ccc4Br)c3c(=O)[nH]2)cc1. The van der Waals surface area contributed by atoms with Gasteiger partial charge in [-0.25, -0.2) is 4.98 Å². The minimum absolute atomic E-state index is 0.0960. The maximum absolute atomic E-state index is 13.0. The third-order valence-corrected chi connectivity index (χ3v) is 6.40. The topological polar surface area (TPSA) is 55.0 Å². The van der Waals surface area contributed by atoms with E-state index in [4.69, 9.17) is 9.72 Å². The van der Waals surface area contributed by atoms with Crippen molar-refractivity contribution < 1.29 is 4.74 Å². The molecule has 0 radical (unpaired) electrons. The molecular formula is C22H19BrN2O2S. The van der Waals surface area contributed by atoms with Gasteiger partial charge in [-0.05, 0) is 43.2 Å². The molecule has 2 aromatic heterocycles. The number of H-pyrrole nitrogens is 1. The van der Waals surface area contributed by atoms with E-state index >= 15 is 0 Å². The molecule has 0 saturated heterocycles. The number of aromatic amines is 1. The fourth-order valence-electron chi connectivity index (χ4n) is 3.34. The number of aryl methyl sites for hydroxylation is 2. The fourth-order valence-corrected chi connectivity index (χ4v) is 4.84. The Kier molecular flexibility index (Phi) is 5.08. The average molecular weight is 455 g/mol. The second kappa shape index (κ2) is 7.53. The number of methoxy groups -OCH3 is 1. The van der Waals surface area contributed by atoms with Gasteiger partial charge < -0.3 is 9.72 Å². The highest BCUT2D eigenvalue weighted by molar-refractivity contribution is 9.10. The Bertz CT molecular complexity index is 1230. The number of nitrogens with one attached hydrogen (secondary N) is 1. The lowest BCUT2D eigenvalue weighted by Crippen LogP contribution is -2.11. The van der Waals surface area contributed by atoms with Crippen LogP contribution in [0.4, 0.5) is 0 Å². The van der Waals surface area contributed by atoms with Gasteiger partial charge in [-0.2, -0.15) is 0 Å². The Balaban J connectivity index is 1.80. The molecule has 1 N–H and O–H groups in total. The molecule has 2 heterocycles. The number of thiophene rings is 1. The number of aromatic nitrogens is 2. The van der Waals surface area contributed by atoms with Crippen molar-refractivity contribution in [3.63, 3.8) is 0 Å². The van der Waals surface area contributed by atoms with Crippen molar-refractivity contribution >= 4 is 37.5 Å². The number of hydrogen-bond donors (Lipinski definition) is 1. The van der Waals surface area contributed by atoms with E-state index in [-0.39, 0.29) is 5.56 Å². The highest BCUT2D eigenvalue weighted by atomic mass is 79.9. The van der Waals surface area contributed by atoms with Crippen LogP contribution in [-0.2, 0) is 6.42 Å². The number of hydrogen-bond acceptors (Lipinski definition) is 4. The molecule has 4 nitrogen and oxygen atoms in total. The van der Waals surface area contributed by atoms with Crippen molar-refractivity contribution in [3.8, 4) is 16.9 Å². The van der Waals surface area contributed by atoms with Gasteiger partial charge in [-0.15, -0.1) is 11.3 Å². The van der Waals surface area contributed by atoms with Crippen LogP contribution >= 0.6 is 27.3 Å². The average Bonchev–Trinajstić information content (AvgIpc) is 3.00. The van der Waals surface area contributed by atoms with E-state index in [1.807, 2.05) is 43.3 Å². The summed E-state index contributed by atoms with van der Waals surface area (Å²) in [6, 6.07) is 14.0. The smallest absolute Gasteiger partial charge is 0.260 e.